The molecule has 7 heteroatoms. The molecule has 0 aliphatic carbocycles. The summed E-state index contributed by atoms with van der Waals surface area (Å²) in [7, 11) is 1.57. The van der Waals surface area contributed by atoms with Crippen molar-refractivity contribution in [3.8, 4) is 11.3 Å². The van der Waals surface area contributed by atoms with Crippen molar-refractivity contribution < 1.29 is 14.6 Å². The number of rotatable bonds is 8. The normalized spacial score (nSPS) is 13.3. The van der Waals surface area contributed by atoms with Crippen molar-refractivity contribution in [1.82, 2.24) is 10.3 Å². The number of nitrogens with zero attached hydrogens (tertiary/aromatic N) is 1. The minimum Gasteiger partial charge on any atom is -0.391 e. The van der Waals surface area contributed by atoms with Crippen LogP contribution in [-0.4, -0.2) is 48.4 Å². The minimum absolute atomic E-state index is 0.287. The molecule has 0 aliphatic rings. The van der Waals surface area contributed by atoms with E-state index in [1.165, 1.54) is 16.7 Å². The van der Waals surface area contributed by atoms with Crippen molar-refractivity contribution in [2.24, 2.45) is 0 Å². The number of aliphatic hydroxyl groups is 1. The highest BCUT2D eigenvalue weighted by atomic mass is 32.1. The smallest absolute Gasteiger partial charge is 0.245 e. The zero-order chi connectivity index (χ0) is 19.2. The Hall–Kier alpha value is -2.48. The molecule has 0 spiro atoms. The van der Waals surface area contributed by atoms with Crippen LogP contribution < -0.4 is 10.6 Å². The molecule has 27 heavy (non-hydrogen) atoms. The van der Waals surface area contributed by atoms with E-state index in [0.717, 1.165) is 16.6 Å². The molecule has 6 nitrogen and oxygen atoms in total. The summed E-state index contributed by atoms with van der Waals surface area (Å²) in [6.07, 6.45) is -0.861. The molecule has 0 bridgehead atoms. The van der Waals surface area contributed by atoms with Gasteiger partial charge in [-0.2, -0.15) is 0 Å². The van der Waals surface area contributed by atoms with Crippen LogP contribution in [0.15, 0.2) is 47.8 Å². The first kappa shape index (κ1) is 19.3. The average Bonchev–Trinajstić information content (AvgIpc) is 3.14. The zero-order valence-electron chi connectivity index (χ0n) is 15.3. The van der Waals surface area contributed by atoms with Gasteiger partial charge in [-0.1, -0.05) is 36.4 Å². The summed E-state index contributed by atoms with van der Waals surface area (Å²) in [5, 5.41) is 20.6. The minimum atomic E-state index is -0.861. The van der Waals surface area contributed by atoms with Gasteiger partial charge in [0.2, 0.25) is 5.91 Å². The van der Waals surface area contributed by atoms with E-state index in [2.05, 4.69) is 39.9 Å². The Morgan fingerprint density at radius 1 is 1.26 bits per heavy atom. The molecule has 1 aromatic heterocycles. The standard InChI is InChI=1S/C20H23N3O3S/c1-13(24)18(19(25)21-9-10-26-2)23-20-22-17(12-27-20)16-8-7-14-5-3-4-6-15(14)11-16/h3-8,11-13,18,24H,9-10H2,1-2H3,(H,21,25)(H,22,23)/t13-,18+/m1/s1. The maximum atomic E-state index is 12.3. The van der Waals surface area contributed by atoms with Crippen LogP contribution in [0.5, 0.6) is 0 Å². The van der Waals surface area contributed by atoms with Gasteiger partial charge in [0.25, 0.3) is 0 Å². The number of fused-ring (bicyclic) bond motifs is 1. The molecular formula is C20H23N3O3S. The Kier molecular flexibility index (Phi) is 6.39. The number of amides is 1. The third-order valence-corrected chi connectivity index (χ3v) is 4.97. The number of carbonyl (C=O) groups is 1. The molecule has 0 radical (unpaired) electrons. The van der Waals surface area contributed by atoms with Crippen molar-refractivity contribution >= 4 is 33.1 Å². The fraction of sp³-hybridized carbons (Fsp3) is 0.300. The summed E-state index contributed by atoms with van der Waals surface area (Å²) in [5.74, 6) is -0.287. The topological polar surface area (TPSA) is 83.5 Å². The van der Waals surface area contributed by atoms with Crippen LogP contribution >= 0.6 is 11.3 Å². The Balaban J connectivity index is 1.74. The molecular weight excluding hydrogens is 362 g/mol. The zero-order valence-corrected chi connectivity index (χ0v) is 16.1. The van der Waals surface area contributed by atoms with Gasteiger partial charge in [0.15, 0.2) is 5.13 Å². The first-order chi connectivity index (χ1) is 13.1. The summed E-state index contributed by atoms with van der Waals surface area (Å²) in [4.78, 5) is 16.9. The highest BCUT2D eigenvalue weighted by molar-refractivity contribution is 7.14. The van der Waals surface area contributed by atoms with Gasteiger partial charge in [0, 0.05) is 24.6 Å². The number of aromatic nitrogens is 1. The highest BCUT2D eigenvalue weighted by Gasteiger charge is 2.24. The van der Waals surface area contributed by atoms with E-state index >= 15 is 0 Å². The third-order valence-electron chi connectivity index (χ3n) is 4.20. The van der Waals surface area contributed by atoms with E-state index < -0.39 is 12.1 Å². The van der Waals surface area contributed by atoms with Gasteiger partial charge in [0.1, 0.15) is 6.04 Å². The fourth-order valence-corrected chi connectivity index (χ4v) is 3.50. The number of hydrogen-bond donors (Lipinski definition) is 3. The second kappa shape index (κ2) is 8.94. The van der Waals surface area contributed by atoms with E-state index in [4.69, 9.17) is 4.74 Å². The lowest BCUT2D eigenvalue weighted by atomic mass is 10.1. The molecule has 3 rings (SSSR count). The largest absolute Gasteiger partial charge is 0.391 e. The fourth-order valence-electron chi connectivity index (χ4n) is 2.75. The van der Waals surface area contributed by atoms with Gasteiger partial charge < -0.3 is 20.5 Å². The molecule has 2 aromatic carbocycles. The Labute approximate surface area is 162 Å². The van der Waals surface area contributed by atoms with Crippen molar-refractivity contribution in [2.45, 2.75) is 19.1 Å². The van der Waals surface area contributed by atoms with Gasteiger partial charge in [-0.25, -0.2) is 4.98 Å². The number of carbonyl (C=O) groups excluding carboxylic acids is 1. The van der Waals surface area contributed by atoms with Crippen molar-refractivity contribution in [2.75, 3.05) is 25.6 Å². The molecule has 3 aromatic rings. The number of benzene rings is 2. The second-order valence-corrected chi connectivity index (χ2v) is 7.10. The number of aliphatic hydroxyl groups excluding tert-OH is 1. The third kappa shape index (κ3) is 4.82. The lowest BCUT2D eigenvalue weighted by Gasteiger charge is -2.20. The first-order valence-electron chi connectivity index (χ1n) is 8.74. The number of nitrogens with one attached hydrogen (secondary N) is 2. The van der Waals surface area contributed by atoms with Crippen molar-refractivity contribution in [3.63, 3.8) is 0 Å². The van der Waals surface area contributed by atoms with Crippen LogP contribution in [0.4, 0.5) is 5.13 Å². The lowest BCUT2D eigenvalue weighted by Crippen LogP contribution is -2.46. The van der Waals surface area contributed by atoms with Crippen LogP contribution in [0.1, 0.15) is 6.92 Å². The number of anilines is 1. The number of hydrogen-bond acceptors (Lipinski definition) is 6. The summed E-state index contributed by atoms with van der Waals surface area (Å²) >= 11 is 1.40. The van der Waals surface area contributed by atoms with E-state index in [9.17, 15) is 9.90 Å². The number of thiazole rings is 1. The molecule has 142 valence electrons. The van der Waals surface area contributed by atoms with Crippen molar-refractivity contribution in [1.29, 1.82) is 0 Å². The summed E-state index contributed by atoms with van der Waals surface area (Å²) in [6, 6.07) is 13.6. The van der Waals surface area contributed by atoms with E-state index in [1.807, 2.05) is 23.6 Å². The van der Waals surface area contributed by atoms with Crippen LogP contribution in [0.25, 0.3) is 22.0 Å². The molecule has 0 fully saturated rings. The second-order valence-electron chi connectivity index (χ2n) is 6.25. The molecule has 0 aliphatic heterocycles. The molecule has 2 atom stereocenters. The molecule has 3 N–H and O–H groups in total. The van der Waals surface area contributed by atoms with Gasteiger partial charge >= 0.3 is 0 Å². The van der Waals surface area contributed by atoms with Crippen molar-refractivity contribution in [3.05, 3.63) is 47.8 Å². The van der Waals surface area contributed by atoms with Gasteiger partial charge in [-0.05, 0) is 23.8 Å². The van der Waals surface area contributed by atoms with Gasteiger partial charge in [0.05, 0.1) is 18.4 Å². The maximum absolute atomic E-state index is 12.3. The number of methoxy groups -OCH3 is 1. The van der Waals surface area contributed by atoms with E-state index in [0.29, 0.717) is 18.3 Å². The molecule has 0 saturated heterocycles. The van der Waals surface area contributed by atoms with E-state index in [1.54, 1.807) is 14.0 Å². The van der Waals surface area contributed by atoms with Crippen LogP contribution in [0, 0.1) is 0 Å². The molecule has 1 heterocycles. The highest BCUT2D eigenvalue weighted by Crippen LogP contribution is 2.28. The Bertz CT molecular complexity index is 910. The predicted octanol–water partition coefficient (Wildman–Crippen LogP) is 2.89. The Morgan fingerprint density at radius 2 is 2.04 bits per heavy atom. The van der Waals surface area contributed by atoms with E-state index in [-0.39, 0.29) is 5.91 Å². The Morgan fingerprint density at radius 3 is 2.78 bits per heavy atom. The quantitative estimate of drug-likeness (QED) is 0.519. The van der Waals surface area contributed by atoms with Gasteiger partial charge in [-0.3, -0.25) is 4.79 Å². The summed E-state index contributed by atoms with van der Waals surface area (Å²) in [5.41, 5.74) is 1.84. The summed E-state index contributed by atoms with van der Waals surface area (Å²) < 4.78 is 4.93. The average molecular weight is 385 g/mol. The molecule has 0 unspecified atom stereocenters. The van der Waals surface area contributed by atoms with Crippen LogP contribution in [0.3, 0.4) is 0 Å². The lowest BCUT2D eigenvalue weighted by molar-refractivity contribution is -0.123. The maximum Gasteiger partial charge on any atom is 0.245 e. The van der Waals surface area contributed by atoms with Gasteiger partial charge in [-0.15, -0.1) is 11.3 Å². The number of ether oxygens (including phenoxy) is 1. The SMILES string of the molecule is COCCNC(=O)[C@@H](Nc1nc(-c2ccc3ccccc3c2)cs1)[C@@H](C)O. The monoisotopic (exact) mass is 385 g/mol. The first-order valence-corrected chi connectivity index (χ1v) is 9.62. The van der Waals surface area contributed by atoms with Crippen LogP contribution in [-0.2, 0) is 9.53 Å². The van der Waals surface area contributed by atoms with Crippen LogP contribution in [0.2, 0.25) is 0 Å². The molecule has 0 saturated carbocycles. The summed E-state index contributed by atoms with van der Waals surface area (Å²) in [6.45, 7) is 2.38. The predicted molar refractivity (Wildman–Crippen MR) is 109 cm³/mol. The molecule has 1 amide bonds.